The van der Waals surface area contributed by atoms with Gasteiger partial charge in [0.05, 0.1) is 12.3 Å². The third-order valence-corrected chi connectivity index (χ3v) is 4.00. The molecule has 0 aliphatic carbocycles. The molecule has 2 aromatic rings. The Balaban J connectivity index is 2.54. The molecule has 0 aliphatic rings. The van der Waals surface area contributed by atoms with Gasteiger partial charge in [-0.2, -0.15) is 0 Å². The van der Waals surface area contributed by atoms with E-state index in [4.69, 9.17) is 27.9 Å². The second-order valence-corrected chi connectivity index (χ2v) is 5.63. The predicted octanol–water partition coefficient (Wildman–Crippen LogP) is 3.21. The van der Waals surface area contributed by atoms with Crippen LogP contribution in [-0.2, 0) is 16.0 Å². The predicted molar refractivity (Wildman–Crippen MR) is 89.1 cm³/mol. The van der Waals surface area contributed by atoms with Crippen LogP contribution in [0, 0.1) is 6.92 Å². The average Bonchev–Trinajstić information content (AvgIpc) is 2.53. The van der Waals surface area contributed by atoms with E-state index < -0.39 is 17.6 Å². The van der Waals surface area contributed by atoms with E-state index in [1.807, 2.05) is 30.3 Å². The maximum absolute atomic E-state index is 12.4. The molecule has 7 heteroatoms. The van der Waals surface area contributed by atoms with E-state index in [1.54, 1.807) is 13.8 Å². The molecule has 0 bridgehead atoms. The van der Waals surface area contributed by atoms with Crippen LogP contribution in [0.2, 0.25) is 10.3 Å². The minimum atomic E-state index is -0.858. The van der Waals surface area contributed by atoms with E-state index in [0.717, 1.165) is 5.56 Å². The van der Waals surface area contributed by atoms with Gasteiger partial charge in [-0.25, -0.2) is 9.78 Å². The van der Waals surface area contributed by atoms with Crippen LogP contribution in [0.5, 0.6) is 0 Å². The first-order chi connectivity index (χ1) is 11.0. The van der Waals surface area contributed by atoms with E-state index in [2.05, 4.69) is 4.98 Å². The summed E-state index contributed by atoms with van der Waals surface area (Å²) in [4.78, 5) is 28.5. The van der Waals surface area contributed by atoms with E-state index in [9.17, 15) is 9.59 Å². The Morgan fingerprint density at radius 2 is 1.91 bits per heavy atom. The minimum absolute atomic E-state index is 0.0805. The van der Waals surface area contributed by atoms with Gasteiger partial charge in [0.1, 0.15) is 11.2 Å². The zero-order valence-corrected chi connectivity index (χ0v) is 14.3. The summed E-state index contributed by atoms with van der Waals surface area (Å²) < 4.78 is 6.37. The van der Waals surface area contributed by atoms with Crippen molar-refractivity contribution in [2.45, 2.75) is 26.3 Å². The Kier molecular flexibility index (Phi) is 5.80. The lowest BCUT2D eigenvalue weighted by Crippen LogP contribution is -2.35. The normalized spacial score (nSPS) is 12.0. The number of halogens is 2. The molecule has 1 aromatic heterocycles. The topological polar surface area (TPSA) is 61.2 Å². The molecule has 23 heavy (non-hydrogen) atoms. The number of hydrogen-bond donors (Lipinski definition) is 0. The van der Waals surface area contributed by atoms with Gasteiger partial charge in [-0.15, -0.1) is 0 Å². The van der Waals surface area contributed by atoms with Gasteiger partial charge in [0.25, 0.3) is 5.56 Å². The molecule has 0 saturated carbocycles. The second kappa shape index (κ2) is 7.62. The standard InChI is InChI=1S/C16H16Cl2N2O3/c1-3-23-16(22)12(9-11-7-5-4-6-8-11)20-10(2)13(17)19-14(18)15(20)21/h4-8,12H,3,9H2,1-2H3/t12-/m0/s1. The molecule has 1 atom stereocenters. The van der Waals surface area contributed by atoms with E-state index in [1.165, 1.54) is 4.57 Å². The van der Waals surface area contributed by atoms with E-state index >= 15 is 0 Å². The van der Waals surface area contributed by atoms with Crippen molar-refractivity contribution < 1.29 is 9.53 Å². The van der Waals surface area contributed by atoms with Crippen molar-refractivity contribution in [1.82, 2.24) is 9.55 Å². The Morgan fingerprint density at radius 1 is 1.26 bits per heavy atom. The zero-order chi connectivity index (χ0) is 17.0. The molecule has 0 unspecified atom stereocenters. The number of carbonyl (C=O) groups excluding carboxylic acids is 1. The van der Waals surface area contributed by atoms with E-state index in [-0.39, 0.29) is 23.3 Å². The second-order valence-electron chi connectivity index (χ2n) is 4.91. The lowest BCUT2D eigenvalue weighted by molar-refractivity contribution is -0.147. The molecule has 0 spiro atoms. The van der Waals surface area contributed by atoms with Gasteiger partial charge in [-0.3, -0.25) is 9.36 Å². The summed E-state index contributed by atoms with van der Waals surface area (Å²) in [6.07, 6.45) is 0.289. The number of carbonyl (C=O) groups is 1. The molecule has 0 saturated heterocycles. The molecular formula is C16H16Cl2N2O3. The first-order valence-corrected chi connectivity index (χ1v) is 7.86. The van der Waals surface area contributed by atoms with Crippen molar-refractivity contribution in [1.29, 1.82) is 0 Å². The molecule has 2 rings (SSSR count). The van der Waals surface area contributed by atoms with Crippen molar-refractivity contribution in [2.24, 2.45) is 0 Å². The van der Waals surface area contributed by atoms with E-state index in [0.29, 0.717) is 5.69 Å². The van der Waals surface area contributed by atoms with Crippen LogP contribution < -0.4 is 5.56 Å². The van der Waals surface area contributed by atoms with Gasteiger partial charge >= 0.3 is 5.97 Å². The maximum atomic E-state index is 12.4. The largest absolute Gasteiger partial charge is 0.464 e. The van der Waals surface area contributed by atoms with Crippen LogP contribution >= 0.6 is 23.2 Å². The molecule has 122 valence electrons. The molecule has 0 N–H and O–H groups in total. The van der Waals surface area contributed by atoms with Gasteiger partial charge in [-0.05, 0) is 19.4 Å². The fourth-order valence-electron chi connectivity index (χ4n) is 2.30. The average molecular weight is 355 g/mol. The number of esters is 1. The number of rotatable bonds is 5. The zero-order valence-electron chi connectivity index (χ0n) is 12.8. The summed E-state index contributed by atoms with van der Waals surface area (Å²) >= 11 is 11.9. The molecule has 0 fully saturated rings. The van der Waals surface area contributed by atoms with Crippen molar-refractivity contribution in [3.05, 3.63) is 62.2 Å². The SMILES string of the molecule is CCOC(=O)[C@H](Cc1ccccc1)n1c(C)c(Cl)nc(Cl)c1=O. The summed E-state index contributed by atoms with van der Waals surface area (Å²) in [6.45, 7) is 3.54. The molecule has 0 radical (unpaired) electrons. The molecule has 0 aliphatic heterocycles. The van der Waals surface area contributed by atoms with Crippen LogP contribution in [0.3, 0.4) is 0 Å². The number of ether oxygens (including phenoxy) is 1. The quantitative estimate of drug-likeness (QED) is 0.773. The summed E-state index contributed by atoms with van der Waals surface area (Å²) in [5.74, 6) is -0.514. The highest BCUT2D eigenvalue weighted by molar-refractivity contribution is 6.32. The fraction of sp³-hybridized carbons (Fsp3) is 0.312. The molecule has 1 heterocycles. The summed E-state index contributed by atoms with van der Waals surface area (Å²) in [7, 11) is 0. The first-order valence-electron chi connectivity index (χ1n) is 7.10. The summed E-state index contributed by atoms with van der Waals surface area (Å²) in [5, 5.41) is -0.195. The van der Waals surface area contributed by atoms with Crippen molar-refractivity contribution in [3.63, 3.8) is 0 Å². The van der Waals surface area contributed by atoms with Gasteiger partial charge in [0.15, 0.2) is 5.15 Å². The van der Waals surface area contributed by atoms with Gasteiger partial charge in [0, 0.05) is 6.42 Å². The Hall–Kier alpha value is -1.85. The van der Waals surface area contributed by atoms with Crippen LogP contribution in [0.15, 0.2) is 35.1 Å². The third-order valence-electron chi connectivity index (χ3n) is 3.39. The fourth-order valence-corrected chi connectivity index (χ4v) is 2.69. The van der Waals surface area contributed by atoms with Crippen LogP contribution in [0.4, 0.5) is 0 Å². The molecular weight excluding hydrogens is 339 g/mol. The third kappa shape index (κ3) is 3.92. The van der Waals surface area contributed by atoms with Crippen LogP contribution in [0.25, 0.3) is 0 Å². The lowest BCUT2D eigenvalue weighted by atomic mass is 10.1. The Bertz CT molecular complexity index is 760. The minimum Gasteiger partial charge on any atom is -0.464 e. The molecule has 1 aromatic carbocycles. The maximum Gasteiger partial charge on any atom is 0.329 e. The van der Waals surface area contributed by atoms with Crippen molar-refractivity contribution in [3.8, 4) is 0 Å². The first kappa shape index (κ1) is 17.5. The van der Waals surface area contributed by atoms with Crippen LogP contribution in [-0.4, -0.2) is 22.1 Å². The lowest BCUT2D eigenvalue weighted by Gasteiger charge is -2.21. The summed E-state index contributed by atoms with van der Waals surface area (Å²) in [5.41, 5.74) is 0.693. The van der Waals surface area contributed by atoms with Gasteiger partial charge < -0.3 is 4.74 Å². The highest BCUT2D eigenvalue weighted by Crippen LogP contribution is 2.21. The molecule has 5 nitrogen and oxygen atoms in total. The number of nitrogens with zero attached hydrogens (tertiary/aromatic N) is 2. The number of benzene rings is 1. The Labute approximate surface area is 143 Å². The van der Waals surface area contributed by atoms with Crippen molar-refractivity contribution >= 4 is 29.2 Å². The number of hydrogen-bond acceptors (Lipinski definition) is 4. The smallest absolute Gasteiger partial charge is 0.329 e. The van der Waals surface area contributed by atoms with Gasteiger partial charge in [-0.1, -0.05) is 53.5 Å². The monoisotopic (exact) mass is 354 g/mol. The van der Waals surface area contributed by atoms with Crippen molar-refractivity contribution in [2.75, 3.05) is 6.61 Å². The molecule has 0 amide bonds. The summed E-state index contributed by atoms with van der Waals surface area (Å²) in [6, 6.07) is 8.48. The number of aromatic nitrogens is 2. The van der Waals surface area contributed by atoms with Gasteiger partial charge in [0.2, 0.25) is 0 Å². The highest BCUT2D eigenvalue weighted by atomic mass is 35.5. The van der Waals surface area contributed by atoms with Crippen LogP contribution in [0.1, 0.15) is 24.2 Å². The highest BCUT2D eigenvalue weighted by Gasteiger charge is 2.27. The Morgan fingerprint density at radius 3 is 2.52 bits per heavy atom.